The van der Waals surface area contributed by atoms with Gasteiger partial charge in [-0.15, -0.1) is 0 Å². The standard InChI is InChI=1S/C21H20N2O2/c24-21(15-16-6-8-18(9-7-16)17-3-1-4-17)23-13-12-19(22-23)10-11-20-5-2-14-25-20/h2,5-14,17H,1,3-4,15H2/b11-10+. The zero-order chi connectivity index (χ0) is 17.1. The van der Waals surface area contributed by atoms with Crippen LogP contribution in [0.25, 0.3) is 12.2 Å². The van der Waals surface area contributed by atoms with Crippen LogP contribution in [-0.2, 0) is 6.42 Å². The van der Waals surface area contributed by atoms with E-state index in [-0.39, 0.29) is 5.91 Å². The maximum Gasteiger partial charge on any atom is 0.251 e. The molecule has 4 rings (SSSR count). The lowest BCUT2D eigenvalue weighted by Gasteiger charge is -2.25. The molecule has 2 heterocycles. The summed E-state index contributed by atoms with van der Waals surface area (Å²) < 4.78 is 6.64. The number of carbonyl (C=O) groups excluding carboxylic acids is 1. The first kappa shape index (κ1) is 15.6. The van der Waals surface area contributed by atoms with E-state index in [4.69, 9.17) is 4.42 Å². The van der Waals surface area contributed by atoms with Crippen LogP contribution >= 0.6 is 0 Å². The predicted octanol–water partition coefficient (Wildman–Crippen LogP) is 4.80. The number of carbonyl (C=O) groups is 1. The monoisotopic (exact) mass is 332 g/mol. The first-order chi connectivity index (χ1) is 12.3. The minimum absolute atomic E-state index is 0.0333. The van der Waals surface area contributed by atoms with Crippen molar-refractivity contribution in [2.75, 3.05) is 0 Å². The van der Waals surface area contributed by atoms with Crippen LogP contribution in [0.4, 0.5) is 0 Å². The molecule has 1 aliphatic rings. The highest BCUT2D eigenvalue weighted by atomic mass is 16.3. The van der Waals surface area contributed by atoms with Gasteiger partial charge in [-0.05, 0) is 60.2 Å². The van der Waals surface area contributed by atoms with E-state index in [1.807, 2.05) is 30.4 Å². The molecular formula is C21H20N2O2. The maximum absolute atomic E-state index is 12.4. The van der Waals surface area contributed by atoms with Crippen molar-refractivity contribution in [2.45, 2.75) is 31.6 Å². The first-order valence-electron chi connectivity index (χ1n) is 8.67. The summed E-state index contributed by atoms with van der Waals surface area (Å²) in [6.45, 7) is 0. The Balaban J connectivity index is 1.39. The predicted molar refractivity (Wildman–Crippen MR) is 97.2 cm³/mol. The van der Waals surface area contributed by atoms with Crippen molar-refractivity contribution in [3.63, 3.8) is 0 Å². The molecule has 3 aromatic rings. The molecule has 0 bridgehead atoms. The minimum atomic E-state index is -0.0333. The highest BCUT2D eigenvalue weighted by Gasteiger charge is 2.19. The summed E-state index contributed by atoms with van der Waals surface area (Å²) >= 11 is 0. The van der Waals surface area contributed by atoms with E-state index in [0.29, 0.717) is 6.42 Å². The Morgan fingerprint density at radius 1 is 1.16 bits per heavy atom. The third kappa shape index (κ3) is 3.63. The second-order valence-electron chi connectivity index (χ2n) is 6.47. The Morgan fingerprint density at radius 2 is 2.00 bits per heavy atom. The van der Waals surface area contributed by atoms with E-state index in [1.54, 1.807) is 12.5 Å². The van der Waals surface area contributed by atoms with Crippen LogP contribution in [0.2, 0.25) is 0 Å². The van der Waals surface area contributed by atoms with E-state index in [9.17, 15) is 4.79 Å². The Kier molecular flexibility index (Phi) is 4.34. The molecule has 2 aromatic heterocycles. The fourth-order valence-electron chi connectivity index (χ4n) is 3.02. The molecule has 0 radical (unpaired) electrons. The Morgan fingerprint density at radius 3 is 2.68 bits per heavy atom. The number of furan rings is 1. The van der Waals surface area contributed by atoms with Gasteiger partial charge in [-0.3, -0.25) is 4.79 Å². The summed E-state index contributed by atoms with van der Waals surface area (Å²) in [7, 11) is 0. The Bertz CT molecular complexity index is 869. The zero-order valence-corrected chi connectivity index (χ0v) is 14.0. The van der Waals surface area contributed by atoms with E-state index in [2.05, 4.69) is 29.4 Å². The van der Waals surface area contributed by atoms with Crippen molar-refractivity contribution in [3.8, 4) is 0 Å². The highest BCUT2D eigenvalue weighted by molar-refractivity contribution is 5.80. The Labute approximate surface area is 146 Å². The fraction of sp³-hybridized carbons (Fsp3) is 0.238. The number of benzene rings is 1. The second kappa shape index (κ2) is 6.93. The lowest BCUT2D eigenvalue weighted by molar-refractivity contribution is 0.0898. The summed E-state index contributed by atoms with van der Waals surface area (Å²) in [5, 5.41) is 4.31. The van der Waals surface area contributed by atoms with Gasteiger partial charge in [0.2, 0.25) is 0 Å². The molecule has 0 amide bonds. The lowest BCUT2D eigenvalue weighted by Crippen LogP contribution is -2.14. The summed E-state index contributed by atoms with van der Waals surface area (Å²) in [4.78, 5) is 12.4. The topological polar surface area (TPSA) is 48.0 Å². The average Bonchev–Trinajstić information content (AvgIpc) is 3.24. The first-order valence-corrected chi connectivity index (χ1v) is 8.67. The van der Waals surface area contributed by atoms with Gasteiger partial charge in [-0.25, -0.2) is 4.68 Å². The third-order valence-corrected chi connectivity index (χ3v) is 4.74. The van der Waals surface area contributed by atoms with Crippen molar-refractivity contribution >= 4 is 18.1 Å². The molecule has 25 heavy (non-hydrogen) atoms. The number of aromatic nitrogens is 2. The normalized spacial score (nSPS) is 14.7. The number of nitrogens with zero attached hydrogens (tertiary/aromatic N) is 2. The maximum atomic E-state index is 12.4. The number of rotatable bonds is 5. The van der Waals surface area contributed by atoms with Gasteiger partial charge in [0.1, 0.15) is 5.76 Å². The number of hydrogen-bond acceptors (Lipinski definition) is 3. The SMILES string of the molecule is O=C(Cc1ccc(C2CCC2)cc1)n1ccc(/C=C/c2ccco2)n1. The van der Waals surface area contributed by atoms with Crippen LogP contribution in [0, 0.1) is 0 Å². The Hall–Kier alpha value is -2.88. The van der Waals surface area contributed by atoms with Gasteiger partial charge in [0.05, 0.1) is 18.4 Å². The quantitative estimate of drug-likeness (QED) is 0.674. The molecule has 0 saturated heterocycles. The largest absolute Gasteiger partial charge is 0.465 e. The lowest BCUT2D eigenvalue weighted by atomic mass is 9.80. The van der Waals surface area contributed by atoms with Gasteiger partial charge in [0.15, 0.2) is 0 Å². The van der Waals surface area contributed by atoms with Crippen molar-refractivity contribution in [1.82, 2.24) is 9.78 Å². The second-order valence-corrected chi connectivity index (χ2v) is 6.47. The number of hydrogen-bond donors (Lipinski definition) is 0. The summed E-state index contributed by atoms with van der Waals surface area (Å²) in [6, 6.07) is 14.0. The van der Waals surface area contributed by atoms with Crippen LogP contribution in [-0.4, -0.2) is 15.7 Å². The molecule has 0 spiro atoms. The van der Waals surface area contributed by atoms with E-state index in [1.165, 1.54) is 29.5 Å². The molecule has 1 saturated carbocycles. The molecule has 0 N–H and O–H groups in total. The highest BCUT2D eigenvalue weighted by Crippen LogP contribution is 2.36. The average molecular weight is 332 g/mol. The molecule has 0 atom stereocenters. The van der Waals surface area contributed by atoms with Crippen LogP contribution in [0.15, 0.2) is 59.3 Å². The zero-order valence-electron chi connectivity index (χ0n) is 14.0. The molecule has 126 valence electrons. The molecule has 1 aromatic carbocycles. The van der Waals surface area contributed by atoms with E-state index < -0.39 is 0 Å². The van der Waals surface area contributed by atoms with Gasteiger partial charge in [-0.1, -0.05) is 30.7 Å². The molecule has 0 aliphatic heterocycles. The third-order valence-electron chi connectivity index (χ3n) is 4.74. The van der Waals surface area contributed by atoms with Crippen molar-refractivity contribution < 1.29 is 9.21 Å². The van der Waals surface area contributed by atoms with Gasteiger partial charge in [0, 0.05) is 6.20 Å². The van der Waals surface area contributed by atoms with Crippen LogP contribution in [0.1, 0.15) is 52.6 Å². The van der Waals surface area contributed by atoms with Crippen LogP contribution in [0.3, 0.4) is 0 Å². The van der Waals surface area contributed by atoms with E-state index in [0.717, 1.165) is 22.9 Å². The molecular weight excluding hydrogens is 312 g/mol. The summed E-state index contributed by atoms with van der Waals surface area (Å²) in [5.74, 6) is 1.45. The fourth-order valence-corrected chi connectivity index (χ4v) is 3.02. The molecule has 0 unspecified atom stereocenters. The molecule has 1 aliphatic carbocycles. The van der Waals surface area contributed by atoms with Crippen LogP contribution < -0.4 is 0 Å². The summed E-state index contributed by atoms with van der Waals surface area (Å²) in [6.07, 6.45) is 11.3. The molecule has 1 fully saturated rings. The van der Waals surface area contributed by atoms with E-state index >= 15 is 0 Å². The van der Waals surface area contributed by atoms with Crippen molar-refractivity contribution in [2.24, 2.45) is 0 Å². The van der Waals surface area contributed by atoms with Crippen LogP contribution in [0.5, 0.6) is 0 Å². The van der Waals surface area contributed by atoms with Gasteiger partial charge < -0.3 is 4.42 Å². The summed E-state index contributed by atoms with van der Waals surface area (Å²) in [5.41, 5.74) is 3.15. The van der Waals surface area contributed by atoms with Gasteiger partial charge in [-0.2, -0.15) is 5.10 Å². The molecule has 4 heteroatoms. The smallest absolute Gasteiger partial charge is 0.251 e. The van der Waals surface area contributed by atoms with Crippen molar-refractivity contribution in [1.29, 1.82) is 0 Å². The van der Waals surface area contributed by atoms with Crippen molar-refractivity contribution in [3.05, 3.63) is 77.5 Å². The van der Waals surface area contributed by atoms with Gasteiger partial charge in [0.25, 0.3) is 5.91 Å². The van der Waals surface area contributed by atoms with Gasteiger partial charge >= 0.3 is 0 Å². The molecule has 4 nitrogen and oxygen atoms in total. The minimum Gasteiger partial charge on any atom is -0.465 e.